The molecule has 1 aromatic heterocycles. The Hall–Kier alpha value is -1.79. The maximum Gasteiger partial charge on any atom is 0.341 e. The summed E-state index contributed by atoms with van der Waals surface area (Å²) in [6, 6.07) is 8.09. The Morgan fingerprint density at radius 1 is 1.31 bits per heavy atom. The number of carbonyl (C=O) groups excluding carboxylic acids is 2. The van der Waals surface area contributed by atoms with E-state index in [0.29, 0.717) is 22.2 Å². The molecular formula is C20H23NO3S2. The van der Waals surface area contributed by atoms with Gasteiger partial charge >= 0.3 is 5.97 Å². The van der Waals surface area contributed by atoms with Crippen LogP contribution in [-0.4, -0.2) is 24.7 Å². The number of amides is 1. The lowest BCUT2D eigenvalue weighted by Crippen LogP contribution is -2.17. The van der Waals surface area contributed by atoms with E-state index in [-0.39, 0.29) is 11.9 Å². The van der Waals surface area contributed by atoms with E-state index in [1.165, 1.54) is 40.6 Å². The molecule has 26 heavy (non-hydrogen) atoms. The molecule has 0 spiro atoms. The number of thioether (sulfide) groups is 1. The molecule has 2 aromatic rings. The van der Waals surface area contributed by atoms with Crippen LogP contribution in [-0.2, 0) is 22.4 Å². The third-order valence-corrected chi connectivity index (χ3v) is 6.73. The molecule has 0 saturated carbocycles. The normalized spacial score (nSPS) is 16.0. The molecular weight excluding hydrogens is 366 g/mol. The Morgan fingerprint density at radius 2 is 2.04 bits per heavy atom. The minimum Gasteiger partial charge on any atom is -0.465 e. The van der Waals surface area contributed by atoms with Crippen molar-refractivity contribution in [1.82, 2.24) is 0 Å². The fourth-order valence-corrected chi connectivity index (χ4v) is 5.22. The number of esters is 1. The molecule has 4 nitrogen and oxygen atoms in total. The number of methoxy groups -OCH3 is 1. The number of ether oxygens (including phenoxy) is 1. The molecule has 1 heterocycles. The summed E-state index contributed by atoms with van der Waals surface area (Å²) < 4.78 is 4.96. The van der Waals surface area contributed by atoms with Crippen LogP contribution in [0.1, 0.15) is 39.7 Å². The molecule has 0 saturated heterocycles. The lowest BCUT2D eigenvalue weighted by Gasteiger charge is -2.18. The summed E-state index contributed by atoms with van der Waals surface area (Å²) in [5.41, 5.74) is 2.80. The number of hydrogen-bond acceptors (Lipinski definition) is 5. The van der Waals surface area contributed by atoms with Crippen LogP contribution < -0.4 is 5.32 Å². The molecule has 1 atom stereocenters. The van der Waals surface area contributed by atoms with E-state index in [2.05, 4.69) is 12.2 Å². The van der Waals surface area contributed by atoms with Crippen molar-refractivity contribution in [2.45, 2.75) is 38.0 Å². The third kappa shape index (κ3) is 4.30. The van der Waals surface area contributed by atoms with E-state index in [9.17, 15) is 9.59 Å². The van der Waals surface area contributed by atoms with Gasteiger partial charge in [-0.1, -0.05) is 24.6 Å². The number of benzene rings is 1. The highest BCUT2D eigenvalue weighted by atomic mass is 32.2. The average Bonchev–Trinajstić information content (AvgIpc) is 2.97. The van der Waals surface area contributed by atoms with Crippen LogP contribution in [0, 0.1) is 12.8 Å². The van der Waals surface area contributed by atoms with Crippen LogP contribution in [0.25, 0.3) is 0 Å². The SMILES string of the molecule is COC(=O)c1c(NC(=O)CSc2ccc(C)cc2)sc2c1CCC(C)C2. The van der Waals surface area contributed by atoms with Crippen molar-refractivity contribution in [2.75, 3.05) is 18.2 Å². The van der Waals surface area contributed by atoms with Crippen LogP contribution in [0.15, 0.2) is 29.2 Å². The highest BCUT2D eigenvalue weighted by molar-refractivity contribution is 8.00. The Kier molecular flexibility index (Phi) is 6.04. The van der Waals surface area contributed by atoms with Gasteiger partial charge in [-0.2, -0.15) is 0 Å². The second-order valence-corrected chi connectivity index (χ2v) is 8.85. The Labute approximate surface area is 162 Å². The zero-order valence-electron chi connectivity index (χ0n) is 15.3. The largest absolute Gasteiger partial charge is 0.465 e. The van der Waals surface area contributed by atoms with Gasteiger partial charge in [0, 0.05) is 9.77 Å². The van der Waals surface area contributed by atoms with Crippen molar-refractivity contribution in [2.24, 2.45) is 5.92 Å². The van der Waals surface area contributed by atoms with Crippen LogP contribution in [0.4, 0.5) is 5.00 Å². The van der Waals surface area contributed by atoms with Gasteiger partial charge in [0.05, 0.1) is 18.4 Å². The van der Waals surface area contributed by atoms with Gasteiger partial charge in [-0.25, -0.2) is 4.79 Å². The fourth-order valence-electron chi connectivity index (χ4n) is 3.10. The highest BCUT2D eigenvalue weighted by Crippen LogP contribution is 2.40. The minimum atomic E-state index is -0.362. The molecule has 0 bridgehead atoms. The Morgan fingerprint density at radius 3 is 2.73 bits per heavy atom. The maximum atomic E-state index is 12.4. The van der Waals surface area contributed by atoms with Crippen molar-refractivity contribution >= 4 is 40.0 Å². The molecule has 1 amide bonds. The van der Waals surface area contributed by atoms with Crippen LogP contribution in [0.2, 0.25) is 0 Å². The quantitative estimate of drug-likeness (QED) is 0.595. The molecule has 0 radical (unpaired) electrons. The number of anilines is 1. The molecule has 1 aliphatic carbocycles. The summed E-state index contributed by atoms with van der Waals surface area (Å²) in [6.45, 7) is 4.26. The summed E-state index contributed by atoms with van der Waals surface area (Å²) >= 11 is 3.01. The highest BCUT2D eigenvalue weighted by Gasteiger charge is 2.28. The zero-order valence-corrected chi connectivity index (χ0v) is 16.9. The van der Waals surface area contributed by atoms with E-state index in [1.807, 2.05) is 31.2 Å². The summed E-state index contributed by atoms with van der Waals surface area (Å²) in [4.78, 5) is 26.9. The van der Waals surface area contributed by atoms with Gasteiger partial charge in [-0.3, -0.25) is 4.79 Å². The number of nitrogens with one attached hydrogen (secondary N) is 1. The summed E-state index contributed by atoms with van der Waals surface area (Å²) in [5, 5.41) is 3.57. The monoisotopic (exact) mass is 389 g/mol. The summed E-state index contributed by atoms with van der Waals surface area (Å²) in [7, 11) is 1.39. The van der Waals surface area contributed by atoms with Crippen molar-refractivity contribution < 1.29 is 14.3 Å². The van der Waals surface area contributed by atoms with Gasteiger partial charge in [-0.15, -0.1) is 23.1 Å². The lowest BCUT2D eigenvalue weighted by atomic mass is 9.88. The van der Waals surface area contributed by atoms with Crippen LogP contribution in [0.3, 0.4) is 0 Å². The topological polar surface area (TPSA) is 55.4 Å². The van der Waals surface area contributed by atoms with E-state index < -0.39 is 0 Å². The van der Waals surface area contributed by atoms with Crippen molar-refractivity contribution in [1.29, 1.82) is 0 Å². The number of fused-ring (bicyclic) bond motifs is 1. The molecule has 1 aromatic carbocycles. The predicted octanol–water partition coefficient (Wildman–Crippen LogP) is 4.70. The van der Waals surface area contributed by atoms with E-state index in [0.717, 1.165) is 29.7 Å². The van der Waals surface area contributed by atoms with E-state index >= 15 is 0 Å². The minimum absolute atomic E-state index is 0.104. The molecule has 6 heteroatoms. The first-order valence-electron chi connectivity index (χ1n) is 8.70. The van der Waals surface area contributed by atoms with Crippen molar-refractivity contribution in [3.05, 3.63) is 45.8 Å². The summed E-state index contributed by atoms with van der Waals surface area (Å²) in [5.74, 6) is 0.445. The Balaban J connectivity index is 1.73. The number of rotatable bonds is 5. The fraction of sp³-hybridized carbons (Fsp3) is 0.400. The van der Waals surface area contributed by atoms with E-state index in [4.69, 9.17) is 4.74 Å². The van der Waals surface area contributed by atoms with Gasteiger partial charge in [0.15, 0.2) is 0 Å². The first-order chi connectivity index (χ1) is 12.5. The van der Waals surface area contributed by atoms with Gasteiger partial charge in [0.2, 0.25) is 5.91 Å². The smallest absolute Gasteiger partial charge is 0.341 e. The predicted molar refractivity (Wildman–Crippen MR) is 107 cm³/mol. The van der Waals surface area contributed by atoms with Gasteiger partial charge in [0.1, 0.15) is 5.00 Å². The molecule has 0 fully saturated rings. The lowest BCUT2D eigenvalue weighted by molar-refractivity contribution is -0.113. The number of hydrogen-bond donors (Lipinski definition) is 1. The summed E-state index contributed by atoms with van der Waals surface area (Å²) in [6.07, 6.45) is 2.88. The molecule has 1 N–H and O–H groups in total. The molecule has 1 unspecified atom stereocenters. The van der Waals surface area contributed by atoms with E-state index in [1.54, 1.807) is 0 Å². The van der Waals surface area contributed by atoms with Gasteiger partial charge < -0.3 is 10.1 Å². The zero-order chi connectivity index (χ0) is 18.7. The average molecular weight is 390 g/mol. The van der Waals surface area contributed by atoms with Crippen molar-refractivity contribution in [3.8, 4) is 0 Å². The number of aryl methyl sites for hydroxylation is 1. The standard InChI is InChI=1S/C20H23NO3S2/c1-12-4-7-14(8-5-12)25-11-17(22)21-19-18(20(23)24-3)15-9-6-13(2)10-16(15)26-19/h4-5,7-8,13H,6,9-11H2,1-3H3,(H,21,22). The molecule has 138 valence electrons. The third-order valence-electron chi connectivity index (χ3n) is 4.55. The second-order valence-electron chi connectivity index (χ2n) is 6.70. The van der Waals surface area contributed by atoms with Crippen molar-refractivity contribution in [3.63, 3.8) is 0 Å². The van der Waals surface area contributed by atoms with Crippen LogP contribution in [0.5, 0.6) is 0 Å². The van der Waals surface area contributed by atoms with Crippen LogP contribution >= 0.6 is 23.1 Å². The first kappa shape index (κ1) is 19.0. The molecule has 3 rings (SSSR count). The first-order valence-corrected chi connectivity index (χ1v) is 10.5. The van der Waals surface area contributed by atoms with Gasteiger partial charge in [-0.05, 0) is 49.8 Å². The molecule has 1 aliphatic rings. The second kappa shape index (κ2) is 8.27. The number of carbonyl (C=O) groups is 2. The Bertz CT molecular complexity index is 811. The van der Waals surface area contributed by atoms with Gasteiger partial charge in [0.25, 0.3) is 0 Å². The maximum absolute atomic E-state index is 12.4. The molecule has 0 aliphatic heterocycles. The number of thiophene rings is 1.